The molecule has 1 N–H and O–H groups in total. The summed E-state index contributed by atoms with van der Waals surface area (Å²) >= 11 is 0. The molecule has 0 aromatic carbocycles. The Labute approximate surface area is 156 Å². The maximum absolute atomic E-state index is 12.6. The summed E-state index contributed by atoms with van der Waals surface area (Å²) in [5, 5.41) is 7.23. The molecule has 1 aliphatic heterocycles. The first-order valence-corrected chi connectivity index (χ1v) is 9.22. The molecule has 27 heavy (non-hydrogen) atoms. The lowest BCUT2D eigenvalue weighted by Gasteiger charge is -2.32. The molecule has 1 saturated heterocycles. The molecular weight excluding hydrogens is 346 g/mol. The Hall–Kier alpha value is -2.97. The summed E-state index contributed by atoms with van der Waals surface area (Å²) in [6.07, 6.45) is 5.41. The number of nitrogens with zero attached hydrogens (tertiary/aromatic N) is 6. The van der Waals surface area contributed by atoms with Crippen molar-refractivity contribution in [2.24, 2.45) is 0 Å². The van der Waals surface area contributed by atoms with Crippen LogP contribution in [0, 0.1) is 13.8 Å². The van der Waals surface area contributed by atoms with Gasteiger partial charge in [-0.05, 0) is 26.7 Å². The number of aromatic nitrogens is 6. The van der Waals surface area contributed by atoms with Crippen molar-refractivity contribution in [1.29, 1.82) is 0 Å². The van der Waals surface area contributed by atoms with E-state index in [0.29, 0.717) is 30.7 Å². The Kier molecular flexibility index (Phi) is 4.51. The molecule has 9 heteroatoms. The lowest BCUT2D eigenvalue weighted by atomic mass is 9.94. The van der Waals surface area contributed by atoms with Gasteiger partial charge in [-0.25, -0.2) is 14.5 Å². The minimum atomic E-state index is -0.0691. The Balaban J connectivity index is 1.49. The number of carbonyl (C=O) groups is 1. The third kappa shape index (κ3) is 3.36. The Bertz CT molecular complexity index is 1020. The third-order valence-corrected chi connectivity index (χ3v) is 5.34. The van der Waals surface area contributed by atoms with Crippen LogP contribution in [0.4, 0.5) is 0 Å². The molecule has 1 amide bonds. The van der Waals surface area contributed by atoms with Crippen LogP contribution in [0.5, 0.6) is 0 Å². The van der Waals surface area contributed by atoms with Crippen molar-refractivity contribution in [2.45, 2.75) is 45.6 Å². The van der Waals surface area contributed by atoms with Gasteiger partial charge < -0.3 is 4.90 Å². The number of likely N-dealkylation sites (tertiary alicyclic amines) is 1. The first-order chi connectivity index (χ1) is 13.0. The molecule has 3 aromatic rings. The molecular formula is C18H23N7O2. The molecule has 4 rings (SSSR count). The van der Waals surface area contributed by atoms with Gasteiger partial charge in [0.25, 0.3) is 5.56 Å². The van der Waals surface area contributed by atoms with Crippen molar-refractivity contribution >= 4 is 11.6 Å². The van der Waals surface area contributed by atoms with Crippen LogP contribution in [0.3, 0.4) is 0 Å². The van der Waals surface area contributed by atoms with Crippen molar-refractivity contribution in [3.63, 3.8) is 0 Å². The fourth-order valence-electron chi connectivity index (χ4n) is 3.62. The maximum atomic E-state index is 12.6. The third-order valence-electron chi connectivity index (χ3n) is 5.34. The van der Waals surface area contributed by atoms with Gasteiger partial charge in [0, 0.05) is 48.4 Å². The van der Waals surface area contributed by atoms with E-state index in [4.69, 9.17) is 0 Å². The van der Waals surface area contributed by atoms with E-state index in [9.17, 15) is 9.59 Å². The van der Waals surface area contributed by atoms with Crippen molar-refractivity contribution in [3.8, 4) is 0 Å². The lowest BCUT2D eigenvalue weighted by Crippen LogP contribution is -2.39. The largest absolute Gasteiger partial charge is 0.342 e. The molecule has 0 spiro atoms. The van der Waals surface area contributed by atoms with E-state index in [-0.39, 0.29) is 17.4 Å². The first-order valence-electron chi connectivity index (χ1n) is 9.22. The predicted molar refractivity (Wildman–Crippen MR) is 98.5 cm³/mol. The van der Waals surface area contributed by atoms with Gasteiger partial charge in [-0.3, -0.25) is 19.4 Å². The summed E-state index contributed by atoms with van der Waals surface area (Å²) in [7, 11) is 0. The molecule has 4 heterocycles. The zero-order valence-corrected chi connectivity index (χ0v) is 15.6. The average Bonchev–Trinajstić information content (AvgIpc) is 3.34. The van der Waals surface area contributed by atoms with Gasteiger partial charge in [0.1, 0.15) is 12.7 Å². The van der Waals surface area contributed by atoms with Crippen LogP contribution < -0.4 is 5.56 Å². The average molecular weight is 369 g/mol. The summed E-state index contributed by atoms with van der Waals surface area (Å²) in [4.78, 5) is 35.3. The number of piperidine rings is 1. The fraction of sp³-hybridized carbons (Fsp3) is 0.500. The predicted octanol–water partition coefficient (Wildman–Crippen LogP) is 1.03. The van der Waals surface area contributed by atoms with E-state index in [1.165, 1.54) is 10.8 Å². The van der Waals surface area contributed by atoms with Crippen LogP contribution in [0.2, 0.25) is 0 Å². The molecule has 0 saturated carbocycles. The highest BCUT2D eigenvalue weighted by atomic mass is 16.2. The topological polar surface area (TPSA) is 101 Å². The summed E-state index contributed by atoms with van der Waals surface area (Å²) < 4.78 is 3.17. The van der Waals surface area contributed by atoms with Crippen LogP contribution >= 0.6 is 0 Å². The number of hydrogen-bond acceptors (Lipinski definition) is 5. The molecule has 9 nitrogen and oxygen atoms in total. The number of hydrogen-bond donors (Lipinski definition) is 1. The van der Waals surface area contributed by atoms with Gasteiger partial charge in [0.15, 0.2) is 5.65 Å². The van der Waals surface area contributed by atoms with Gasteiger partial charge in [-0.15, -0.1) is 0 Å². The second kappa shape index (κ2) is 6.98. The molecule has 0 aliphatic carbocycles. The van der Waals surface area contributed by atoms with Gasteiger partial charge in [-0.2, -0.15) is 5.10 Å². The zero-order valence-electron chi connectivity index (χ0n) is 15.6. The van der Waals surface area contributed by atoms with Crippen molar-refractivity contribution in [2.75, 3.05) is 13.1 Å². The maximum Gasteiger partial charge on any atom is 0.275 e. The van der Waals surface area contributed by atoms with E-state index in [0.717, 1.165) is 30.8 Å². The van der Waals surface area contributed by atoms with Crippen LogP contribution in [0.1, 0.15) is 42.1 Å². The second-order valence-corrected chi connectivity index (χ2v) is 7.12. The summed E-state index contributed by atoms with van der Waals surface area (Å²) in [5.74, 6) is 0.295. The van der Waals surface area contributed by atoms with E-state index < -0.39 is 0 Å². The Morgan fingerprint density at radius 1 is 1.37 bits per heavy atom. The molecule has 1 atom stereocenters. The summed E-state index contributed by atoms with van der Waals surface area (Å²) in [6.45, 7) is 5.58. The number of H-pyrrole nitrogens is 1. The molecule has 3 aromatic heterocycles. The standard InChI is InChI=1S/C18H23N7O2/c1-12-13(2)21-16-8-15(22-25(16)18(12)27)14-4-3-6-23(9-14)17(26)5-7-24-11-19-10-20-24/h8,10-11,14,22H,3-7,9H2,1-2H3/t14-/m0/s1. The van der Waals surface area contributed by atoms with Crippen LogP contribution in [0.15, 0.2) is 23.5 Å². The second-order valence-electron chi connectivity index (χ2n) is 7.12. The highest BCUT2D eigenvalue weighted by Crippen LogP contribution is 2.26. The minimum Gasteiger partial charge on any atom is -0.342 e. The highest BCUT2D eigenvalue weighted by molar-refractivity contribution is 5.76. The number of rotatable bonds is 4. The molecule has 0 unspecified atom stereocenters. The SMILES string of the molecule is Cc1nc2cc([C@H]3CCCN(C(=O)CCn4cncn4)C3)[nH]n2c(=O)c1C. The van der Waals surface area contributed by atoms with E-state index in [2.05, 4.69) is 20.2 Å². The van der Waals surface area contributed by atoms with Crippen LogP contribution in [0.25, 0.3) is 5.65 Å². The number of carbonyl (C=O) groups excluding carboxylic acids is 1. The fourth-order valence-corrected chi connectivity index (χ4v) is 3.62. The highest BCUT2D eigenvalue weighted by Gasteiger charge is 2.26. The summed E-state index contributed by atoms with van der Waals surface area (Å²) in [6, 6.07) is 1.93. The first kappa shape index (κ1) is 17.4. The number of nitrogens with one attached hydrogen (secondary N) is 1. The number of aryl methyl sites for hydroxylation is 2. The van der Waals surface area contributed by atoms with Crippen LogP contribution in [-0.2, 0) is 11.3 Å². The molecule has 142 valence electrons. The van der Waals surface area contributed by atoms with Gasteiger partial charge in [0.2, 0.25) is 5.91 Å². The van der Waals surface area contributed by atoms with Gasteiger partial charge in [-0.1, -0.05) is 0 Å². The normalized spacial score (nSPS) is 17.6. The van der Waals surface area contributed by atoms with Crippen molar-refractivity contribution in [3.05, 3.63) is 46.0 Å². The zero-order chi connectivity index (χ0) is 19.0. The minimum absolute atomic E-state index is 0.0691. The van der Waals surface area contributed by atoms with Gasteiger partial charge >= 0.3 is 0 Å². The Morgan fingerprint density at radius 3 is 3.00 bits per heavy atom. The molecule has 0 bridgehead atoms. The van der Waals surface area contributed by atoms with Gasteiger partial charge in [0.05, 0.1) is 6.54 Å². The quantitative estimate of drug-likeness (QED) is 0.740. The molecule has 1 aliphatic rings. The lowest BCUT2D eigenvalue weighted by molar-refractivity contribution is -0.132. The molecule has 0 radical (unpaired) electrons. The van der Waals surface area contributed by atoms with Crippen LogP contribution in [-0.4, -0.2) is 53.3 Å². The van der Waals surface area contributed by atoms with Crippen molar-refractivity contribution in [1.82, 2.24) is 34.3 Å². The monoisotopic (exact) mass is 369 g/mol. The number of aromatic amines is 1. The number of fused-ring (bicyclic) bond motifs is 1. The van der Waals surface area contributed by atoms with E-state index in [1.54, 1.807) is 17.9 Å². The van der Waals surface area contributed by atoms with E-state index >= 15 is 0 Å². The number of amides is 1. The molecule has 1 fully saturated rings. The van der Waals surface area contributed by atoms with Crippen molar-refractivity contribution < 1.29 is 4.79 Å². The smallest absolute Gasteiger partial charge is 0.275 e. The Morgan fingerprint density at radius 2 is 2.22 bits per heavy atom. The van der Waals surface area contributed by atoms with E-state index in [1.807, 2.05) is 17.9 Å². The summed E-state index contributed by atoms with van der Waals surface area (Å²) in [5.41, 5.74) is 2.92.